The molecule has 1 rings (SSSR count). The van der Waals surface area contributed by atoms with Crippen LogP contribution in [-0.4, -0.2) is 134 Å². The summed E-state index contributed by atoms with van der Waals surface area (Å²) < 4.78 is 26.5. The van der Waals surface area contributed by atoms with E-state index >= 15 is 0 Å². The van der Waals surface area contributed by atoms with Crippen molar-refractivity contribution >= 4 is 17.8 Å². The normalized spacial score (nSPS) is 25.9. The summed E-state index contributed by atoms with van der Waals surface area (Å²) in [6, 6.07) is -3.11. The van der Waals surface area contributed by atoms with Crippen LogP contribution < -0.4 is 10.6 Å². The number of hydrogen-bond donors (Lipinski definition) is 6. The van der Waals surface area contributed by atoms with Gasteiger partial charge >= 0.3 is 5.97 Å². The van der Waals surface area contributed by atoms with Crippen molar-refractivity contribution in [2.24, 2.45) is 5.11 Å². The second kappa shape index (κ2) is 17.5. The minimum atomic E-state index is -2.70. The highest BCUT2D eigenvalue weighted by molar-refractivity contribution is 5.81. The first-order valence-electron chi connectivity index (χ1n) is 11.9. The average Bonchev–Trinajstić information content (AvgIpc) is 2.94. The zero-order valence-electron chi connectivity index (χ0n) is 21.6. The van der Waals surface area contributed by atoms with Crippen LogP contribution in [0.25, 0.3) is 10.4 Å². The lowest BCUT2D eigenvalue weighted by Gasteiger charge is -2.51. The van der Waals surface area contributed by atoms with E-state index in [0.29, 0.717) is 0 Å². The first-order chi connectivity index (χ1) is 18.6. The second-order valence-corrected chi connectivity index (χ2v) is 8.07. The van der Waals surface area contributed by atoms with Crippen LogP contribution in [0.2, 0.25) is 0 Å². The van der Waals surface area contributed by atoms with E-state index in [-0.39, 0.29) is 39.5 Å². The Morgan fingerprint density at radius 2 is 1.79 bits per heavy atom. The lowest BCUT2D eigenvalue weighted by Crippen LogP contribution is -2.77. The molecule has 0 aromatic rings. The molecule has 1 aliphatic heterocycles. The molecular weight excluding hydrogens is 526 g/mol. The zero-order chi connectivity index (χ0) is 29.4. The lowest BCUT2D eigenvalue weighted by molar-refractivity contribution is -0.335. The van der Waals surface area contributed by atoms with Crippen LogP contribution in [0.3, 0.4) is 0 Å². The number of nitrogens with one attached hydrogen (secondary N) is 2. The smallest absolute Gasteiger partial charge is 0.369 e. The van der Waals surface area contributed by atoms with E-state index in [1.54, 1.807) is 0 Å². The van der Waals surface area contributed by atoms with Crippen molar-refractivity contribution in [2.75, 3.05) is 53.3 Å². The molecule has 220 valence electrons. The number of aliphatic hydroxyl groups excluding tert-OH is 4. The number of esters is 1. The van der Waals surface area contributed by atoms with Crippen LogP contribution in [-0.2, 0) is 38.1 Å². The van der Waals surface area contributed by atoms with Gasteiger partial charge in [0.2, 0.25) is 11.8 Å². The molecule has 1 aliphatic rings. The third-order valence-corrected chi connectivity index (χ3v) is 5.54. The molecule has 7 atom stereocenters. The number of amides is 2. The monoisotopic (exact) mass is 561 g/mol. The van der Waals surface area contributed by atoms with E-state index in [1.165, 1.54) is 6.92 Å². The standard InChI is InChI=1S/C22H35N5O12/c1-4-6-36-7-8-37-9-10-38-22(21(34)35-3)20(33)17(25-14(30)5-2)16(26-15(31)12-28)19(39-22)18(32)13(29)11-24-27-23/h1,13,16-20,28-29,32-33H,5-12H2,2-3H3,(H,25,30)(H,26,31)/t13-,16-,17-,18-,19-,20+,22-/m1/s1. The van der Waals surface area contributed by atoms with Crippen molar-refractivity contribution in [3.63, 3.8) is 0 Å². The van der Waals surface area contributed by atoms with Crippen LogP contribution in [0.4, 0.5) is 0 Å². The van der Waals surface area contributed by atoms with Crippen molar-refractivity contribution in [3.8, 4) is 12.3 Å². The van der Waals surface area contributed by atoms with Gasteiger partial charge in [0.1, 0.15) is 31.5 Å². The van der Waals surface area contributed by atoms with Gasteiger partial charge < -0.3 is 54.7 Å². The fraction of sp³-hybridized carbons (Fsp3) is 0.773. The van der Waals surface area contributed by atoms with Crippen molar-refractivity contribution in [1.29, 1.82) is 0 Å². The average molecular weight is 562 g/mol. The fourth-order valence-electron chi connectivity index (χ4n) is 3.66. The molecule has 0 unspecified atom stereocenters. The topological polar surface area (TPSA) is 251 Å². The number of terminal acetylenes is 1. The van der Waals surface area contributed by atoms with Crippen LogP contribution in [0.15, 0.2) is 5.11 Å². The number of nitrogens with zero attached hydrogens (tertiary/aromatic N) is 3. The van der Waals surface area contributed by atoms with E-state index in [0.717, 1.165) is 7.11 Å². The van der Waals surface area contributed by atoms with Crippen molar-refractivity contribution < 1.29 is 58.5 Å². The summed E-state index contributed by atoms with van der Waals surface area (Å²) in [6.45, 7) is -0.338. The molecule has 0 aromatic carbocycles. The molecule has 0 spiro atoms. The summed E-state index contributed by atoms with van der Waals surface area (Å²) in [5.74, 6) is -3.33. The van der Waals surface area contributed by atoms with Gasteiger partial charge in [-0.15, -0.1) is 6.42 Å². The zero-order valence-corrected chi connectivity index (χ0v) is 21.6. The second-order valence-electron chi connectivity index (χ2n) is 8.07. The summed E-state index contributed by atoms with van der Waals surface area (Å²) in [5, 5.41) is 49.7. The third kappa shape index (κ3) is 9.58. The van der Waals surface area contributed by atoms with E-state index < -0.39 is 73.2 Å². The van der Waals surface area contributed by atoms with Crippen molar-refractivity contribution in [2.45, 2.75) is 55.6 Å². The van der Waals surface area contributed by atoms with Gasteiger partial charge in [0, 0.05) is 11.3 Å². The summed E-state index contributed by atoms with van der Waals surface area (Å²) >= 11 is 0. The number of aliphatic hydroxyl groups is 4. The number of carbonyl (C=O) groups excluding carboxylic acids is 3. The van der Waals surface area contributed by atoms with Gasteiger partial charge in [0.25, 0.3) is 5.79 Å². The van der Waals surface area contributed by atoms with Crippen LogP contribution in [0.5, 0.6) is 0 Å². The molecule has 0 aliphatic carbocycles. The SMILES string of the molecule is C#CCOCCOCCO[C@@]1(C(=O)OC)O[C@@H]([C@H](O)[C@H](O)CN=[N+]=[N-])[C@H](NC(=O)CO)[C@@H](NC(=O)CC)[C@@H]1O. The maximum atomic E-state index is 13.0. The Labute approximate surface area is 224 Å². The van der Waals surface area contributed by atoms with E-state index in [9.17, 15) is 34.8 Å². The van der Waals surface area contributed by atoms with Crippen LogP contribution in [0, 0.1) is 12.3 Å². The highest BCUT2D eigenvalue weighted by atomic mass is 16.7. The Morgan fingerprint density at radius 1 is 1.15 bits per heavy atom. The fourth-order valence-corrected chi connectivity index (χ4v) is 3.66. The Morgan fingerprint density at radius 3 is 2.38 bits per heavy atom. The Hall–Kier alpha value is -3.04. The highest BCUT2D eigenvalue weighted by Crippen LogP contribution is 2.35. The number of azide groups is 1. The number of hydrogen-bond acceptors (Lipinski definition) is 13. The van der Waals surface area contributed by atoms with Gasteiger partial charge in [0.15, 0.2) is 0 Å². The van der Waals surface area contributed by atoms with Gasteiger partial charge in [-0.05, 0) is 5.53 Å². The Bertz CT molecular complexity index is 895. The largest absolute Gasteiger partial charge is 0.465 e. The van der Waals surface area contributed by atoms with E-state index in [4.69, 9.17) is 35.6 Å². The quantitative estimate of drug-likeness (QED) is 0.0255. The first kappa shape index (κ1) is 34.0. The predicted molar refractivity (Wildman–Crippen MR) is 129 cm³/mol. The molecule has 2 amide bonds. The maximum absolute atomic E-state index is 13.0. The summed E-state index contributed by atoms with van der Waals surface area (Å²) in [5.41, 5.74) is 8.56. The number of carbonyl (C=O) groups is 3. The molecule has 17 nitrogen and oxygen atoms in total. The summed E-state index contributed by atoms with van der Waals surface area (Å²) in [6.07, 6.45) is -2.62. The van der Waals surface area contributed by atoms with E-state index in [2.05, 4.69) is 26.6 Å². The molecule has 1 heterocycles. The maximum Gasteiger partial charge on any atom is 0.369 e. The van der Waals surface area contributed by atoms with Gasteiger partial charge in [0.05, 0.1) is 58.3 Å². The first-order valence-corrected chi connectivity index (χ1v) is 11.9. The van der Waals surface area contributed by atoms with Gasteiger partial charge in [-0.3, -0.25) is 9.59 Å². The summed E-state index contributed by atoms with van der Waals surface area (Å²) in [4.78, 5) is 39.9. The molecule has 0 aromatic heterocycles. The molecule has 1 fully saturated rings. The molecule has 39 heavy (non-hydrogen) atoms. The molecule has 0 saturated carbocycles. The molecular formula is C22H35N5O12. The highest BCUT2D eigenvalue weighted by Gasteiger charge is 2.63. The van der Waals surface area contributed by atoms with Crippen molar-refractivity contribution in [1.82, 2.24) is 10.6 Å². The Kier molecular flexibility index (Phi) is 15.3. The number of methoxy groups -OCH3 is 1. The molecule has 0 radical (unpaired) electrons. The number of ether oxygens (including phenoxy) is 5. The minimum Gasteiger partial charge on any atom is -0.465 e. The lowest BCUT2D eigenvalue weighted by atomic mass is 9.84. The number of rotatable bonds is 17. The third-order valence-electron chi connectivity index (χ3n) is 5.54. The van der Waals surface area contributed by atoms with Gasteiger partial charge in [-0.2, -0.15) is 0 Å². The van der Waals surface area contributed by atoms with Crippen LogP contribution >= 0.6 is 0 Å². The molecule has 17 heteroatoms. The van der Waals surface area contributed by atoms with Crippen molar-refractivity contribution in [3.05, 3.63) is 10.4 Å². The van der Waals surface area contributed by atoms with Crippen LogP contribution in [0.1, 0.15) is 13.3 Å². The molecule has 6 N–H and O–H groups in total. The van der Waals surface area contributed by atoms with Gasteiger partial charge in [-0.1, -0.05) is 18.0 Å². The van der Waals surface area contributed by atoms with E-state index in [1.807, 2.05) is 0 Å². The molecule has 0 bridgehead atoms. The minimum absolute atomic E-state index is 0.0828. The molecule has 1 saturated heterocycles. The predicted octanol–water partition coefficient (Wildman–Crippen LogP) is -3.30. The van der Waals surface area contributed by atoms with Gasteiger partial charge in [-0.25, -0.2) is 4.79 Å². The summed E-state index contributed by atoms with van der Waals surface area (Å²) in [7, 11) is 0.962. The Balaban J connectivity index is 3.41.